The Balaban J connectivity index is 1.19. The fourth-order valence-electron chi connectivity index (χ4n) is 7.54. The minimum atomic E-state index is -0.648. The van der Waals surface area contributed by atoms with Crippen molar-refractivity contribution in [3.63, 3.8) is 0 Å². The van der Waals surface area contributed by atoms with Crippen LogP contribution in [0.2, 0.25) is 0 Å². The van der Waals surface area contributed by atoms with Crippen molar-refractivity contribution < 1.29 is 8.78 Å². The number of unbranched alkanes of at least 4 members (excludes halogenated alkanes) is 2. The summed E-state index contributed by atoms with van der Waals surface area (Å²) in [6.45, 7) is 3.99. The zero-order chi connectivity index (χ0) is 24.6. The Kier molecular flexibility index (Phi) is 10.0. The Hall–Kier alpha value is -1.44. The third kappa shape index (κ3) is 6.86. The van der Waals surface area contributed by atoms with Crippen LogP contribution in [-0.2, 0) is 6.42 Å². The van der Waals surface area contributed by atoms with Gasteiger partial charge in [-0.15, -0.1) is 0 Å². The van der Waals surface area contributed by atoms with Crippen molar-refractivity contribution in [2.75, 3.05) is 0 Å². The second-order valence-electron chi connectivity index (χ2n) is 11.8. The fraction of sp³-hybridized carbons (Fsp3) is 0.697. The first-order valence-corrected chi connectivity index (χ1v) is 14.9. The molecule has 35 heavy (non-hydrogen) atoms. The van der Waals surface area contributed by atoms with Gasteiger partial charge in [-0.2, -0.15) is 0 Å². The summed E-state index contributed by atoms with van der Waals surface area (Å²) in [6, 6.07) is 3.56. The molecule has 0 radical (unpaired) electrons. The lowest BCUT2D eigenvalue weighted by molar-refractivity contribution is 0.120. The molecule has 0 N–H and O–H groups in total. The second kappa shape index (κ2) is 13.2. The number of allylic oxidation sites excluding steroid dienone is 4. The highest BCUT2D eigenvalue weighted by Crippen LogP contribution is 2.46. The maximum Gasteiger partial charge on any atom is 0.166 e. The minimum absolute atomic E-state index is 0.478. The van der Waals surface area contributed by atoms with Crippen molar-refractivity contribution >= 4 is 5.57 Å². The molecule has 0 saturated heterocycles. The van der Waals surface area contributed by atoms with Crippen LogP contribution in [0.4, 0.5) is 8.78 Å². The van der Waals surface area contributed by atoms with E-state index in [1.807, 2.05) is 6.92 Å². The molecular formula is C33H48F2. The molecule has 1 aromatic rings. The van der Waals surface area contributed by atoms with Gasteiger partial charge in [0.05, 0.1) is 0 Å². The van der Waals surface area contributed by atoms with Gasteiger partial charge in [0.25, 0.3) is 0 Å². The molecule has 3 aliphatic rings. The topological polar surface area (TPSA) is 0 Å². The smallest absolute Gasteiger partial charge is 0.166 e. The van der Waals surface area contributed by atoms with Crippen molar-refractivity contribution in [2.24, 2.45) is 29.6 Å². The standard InChI is InChI=1S/C33H48F2/c1-3-5-6-7-8-9-24-10-12-26(13-11-24)27-14-16-28(17-15-27)29-18-20-30(21-19-29)31-23-22-25(4-2)32(34)33(31)35/h3,5,20,22-24,26-29H,4,6-19,21H2,1-2H3/b5-3+. The molecule has 0 heterocycles. The van der Waals surface area contributed by atoms with Gasteiger partial charge in [-0.3, -0.25) is 0 Å². The van der Waals surface area contributed by atoms with Gasteiger partial charge in [0.1, 0.15) is 0 Å². The van der Waals surface area contributed by atoms with Crippen molar-refractivity contribution in [3.8, 4) is 0 Å². The summed E-state index contributed by atoms with van der Waals surface area (Å²) in [5, 5.41) is 0. The number of aryl methyl sites for hydroxylation is 1. The Morgan fingerprint density at radius 2 is 1.46 bits per heavy atom. The molecule has 0 amide bonds. The van der Waals surface area contributed by atoms with Crippen LogP contribution >= 0.6 is 0 Å². The van der Waals surface area contributed by atoms with Gasteiger partial charge in [0.15, 0.2) is 11.6 Å². The van der Waals surface area contributed by atoms with E-state index in [-0.39, 0.29) is 0 Å². The van der Waals surface area contributed by atoms with Crippen LogP contribution in [0.1, 0.15) is 121 Å². The normalized spacial score (nSPS) is 29.9. The molecule has 0 nitrogen and oxygen atoms in total. The van der Waals surface area contributed by atoms with Gasteiger partial charge >= 0.3 is 0 Å². The van der Waals surface area contributed by atoms with Crippen LogP contribution in [-0.4, -0.2) is 0 Å². The Labute approximate surface area is 213 Å². The lowest BCUT2D eigenvalue weighted by Crippen LogP contribution is -2.28. The first-order valence-electron chi connectivity index (χ1n) is 14.9. The maximum absolute atomic E-state index is 14.6. The molecule has 0 spiro atoms. The third-order valence-electron chi connectivity index (χ3n) is 9.85. The molecule has 1 aromatic carbocycles. The van der Waals surface area contributed by atoms with Crippen LogP contribution in [0, 0.1) is 41.2 Å². The average Bonchev–Trinajstić information content (AvgIpc) is 2.91. The summed E-state index contributed by atoms with van der Waals surface area (Å²) < 4.78 is 28.9. The van der Waals surface area contributed by atoms with E-state index in [0.29, 0.717) is 17.5 Å². The summed E-state index contributed by atoms with van der Waals surface area (Å²) >= 11 is 0. The lowest BCUT2D eigenvalue weighted by atomic mass is 9.65. The molecule has 2 saturated carbocycles. The van der Waals surface area contributed by atoms with Crippen LogP contribution in [0.5, 0.6) is 0 Å². The lowest BCUT2D eigenvalue weighted by Gasteiger charge is -2.40. The van der Waals surface area contributed by atoms with Crippen LogP contribution in [0.25, 0.3) is 5.57 Å². The Morgan fingerprint density at radius 1 is 0.800 bits per heavy atom. The summed E-state index contributed by atoms with van der Waals surface area (Å²) in [5.74, 6) is 3.22. The van der Waals surface area contributed by atoms with E-state index in [1.165, 1.54) is 77.0 Å². The van der Waals surface area contributed by atoms with Crippen LogP contribution in [0.15, 0.2) is 30.4 Å². The van der Waals surface area contributed by atoms with E-state index in [2.05, 4.69) is 25.2 Å². The van der Waals surface area contributed by atoms with E-state index in [9.17, 15) is 8.78 Å². The largest absolute Gasteiger partial charge is 0.203 e. The number of halogens is 2. The van der Waals surface area contributed by atoms with E-state index >= 15 is 0 Å². The molecule has 4 rings (SSSR count). The molecule has 1 unspecified atom stereocenters. The fourth-order valence-corrected chi connectivity index (χ4v) is 7.54. The van der Waals surface area contributed by atoms with Crippen LogP contribution in [0.3, 0.4) is 0 Å². The van der Waals surface area contributed by atoms with E-state index in [4.69, 9.17) is 0 Å². The molecule has 194 valence electrons. The van der Waals surface area contributed by atoms with E-state index in [1.54, 1.807) is 12.1 Å². The molecular weight excluding hydrogens is 434 g/mol. The Bertz CT molecular complexity index is 850. The summed E-state index contributed by atoms with van der Waals surface area (Å²) in [6.07, 6.45) is 27.3. The van der Waals surface area contributed by atoms with Crippen molar-refractivity contribution in [2.45, 2.75) is 117 Å². The molecule has 0 bridgehead atoms. The molecule has 2 heteroatoms. The van der Waals surface area contributed by atoms with E-state index < -0.39 is 11.6 Å². The van der Waals surface area contributed by atoms with Gasteiger partial charge in [-0.1, -0.05) is 63.0 Å². The summed E-state index contributed by atoms with van der Waals surface area (Å²) in [5.41, 5.74) is 1.99. The van der Waals surface area contributed by atoms with Gasteiger partial charge < -0.3 is 0 Å². The first-order chi connectivity index (χ1) is 17.1. The Morgan fingerprint density at radius 3 is 2.06 bits per heavy atom. The van der Waals surface area contributed by atoms with Gasteiger partial charge in [-0.05, 0) is 125 Å². The monoisotopic (exact) mass is 482 g/mol. The minimum Gasteiger partial charge on any atom is -0.203 e. The highest BCUT2D eigenvalue weighted by atomic mass is 19.2. The molecule has 0 aromatic heterocycles. The third-order valence-corrected chi connectivity index (χ3v) is 9.85. The zero-order valence-corrected chi connectivity index (χ0v) is 22.3. The van der Waals surface area contributed by atoms with Crippen molar-refractivity contribution in [1.29, 1.82) is 0 Å². The molecule has 3 aliphatic carbocycles. The van der Waals surface area contributed by atoms with E-state index in [0.717, 1.165) is 54.4 Å². The zero-order valence-electron chi connectivity index (χ0n) is 22.3. The first kappa shape index (κ1) is 26.6. The van der Waals surface area contributed by atoms with Gasteiger partial charge in [0, 0.05) is 5.56 Å². The maximum atomic E-state index is 14.6. The SMILES string of the molecule is C/C=C/CCCCC1CCC(C2CCC(C3CC=C(c4ccc(CC)c(F)c4F)CC3)CC2)CC1. The number of hydrogen-bond donors (Lipinski definition) is 0. The average molecular weight is 483 g/mol. The quantitative estimate of drug-likeness (QED) is 0.242. The molecule has 1 atom stereocenters. The second-order valence-corrected chi connectivity index (χ2v) is 11.8. The molecule has 0 aliphatic heterocycles. The predicted octanol–water partition coefficient (Wildman–Crippen LogP) is 10.5. The highest BCUT2D eigenvalue weighted by molar-refractivity contribution is 5.67. The molecule has 2 fully saturated rings. The number of benzene rings is 1. The van der Waals surface area contributed by atoms with Crippen LogP contribution < -0.4 is 0 Å². The number of rotatable bonds is 9. The van der Waals surface area contributed by atoms with Gasteiger partial charge in [0.2, 0.25) is 0 Å². The van der Waals surface area contributed by atoms with Gasteiger partial charge in [-0.25, -0.2) is 8.78 Å². The summed E-state index contributed by atoms with van der Waals surface area (Å²) in [4.78, 5) is 0. The van der Waals surface area contributed by atoms with Crippen molar-refractivity contribution in [3.05, 3.63) is 53.1 Å². The summed E-state index contributed by atoms with van der Waals surface area (Å²) in [7, 11) is 0. The predicted molar refractivity (Wildman–Crippen MR) is 145 cm³/mol. The number of hydrogen-bond acceptors (Lipinski definition) is 0. The van der Waals surface area contributed by atoms with Crippen molar-refractivity contribution in [1.82, 2.24) is 0 Å². The highest BCUT2D eigenvalue weighted by Gasteiger charge is 2.34.